The van der Waals surface area contributed by atoms with Crippen LogP contribution in [0.25, 0.3) is 0 Å². The van der Waals surface area contributed by atoms with E-state index in [1.54, 1.807) is 0 Å². The number of hydrogen-bond acceptors (Lipinski definition) is 2. The molecule has 3 rings (SSSR count). The molecule has 0 radical (unpaired) electrons. The molecular formula is C11H12O2. The number of para-hydroxylation sites is 1. The van der Waals surface area contributed by atoms with Crippen molar-refractivity contribution in [2.45, 2.75) is 25.0 Å². The van der Waals surface area contributed by atoms with Crippen molar-refractivity contribution < 1.29 is 9.47 Å². The predicted molar refractivity (Wildman–Crippen MR) is 48.9 cm³/mol. The molecule has 0 aromatic heterocycles. The highest BCUT2D eigenvalue weighted by Crippen LogP contribution is 2.31. The maximum Gasteiger partial charge on any atom is 0.127 e. The lowest BCUT2D eigenvalue weighted by Crippen LogP contribution is -2.27. The molecule has 0 N–H and O–H groups in total. The third-order valence-corrected chi connectivity index (χ3v) is 2.72. The molecule has 0 saturated carbocycles. The van der Waals surface area contributed by atoms with Gasteiger partial charge in [-0.05, 0) is 24.5 Å². The highest BCUT2D eigenvalue weighted by Gasteiger charge is 2.36. The number of fused-ring (bicyclic) bond motifs is 1. The average molecular weight is 176 g/mol. The van der Waals surface area contributed by atoms with Crippen LogP contribution in [0.5, 0.6) is 5.75 Å². The van der Waals surface area contributed by atoms with Gasteiger partial charge in [-0.1, -0.05) is 18.2 Å². The lowest BCUT2D eigenvalue weighted by molar-refractivity contribution is 0.136. The van der Waals surface area contributed by atoms with E-state index in [4.69, 9.17) is 9.47 Å². The van der Waals surface area contributed by atoms with E-state index in [2.05, 4.69) is 12.1 Å². The standard InChI is InChI=1S/C11H12O2/c1-2-4-9-8(3-1)5-6-10(13-9)11-7-12-11/h1-4,10-11H,5-7H2. The molecule has 1 fully saturated rings. The van der Waals surface area contributed by atoms with E-state index in [1.165, 1.54) is 5.56 Å². The molecule has 13 heavy (non-hydrogen) atoms. The van der Waals surface area contributed by atoms with Crippen LogP contribution in [0, 0.1) is 0 Å². The van der Waals surface area contributed by atoms with Crippen LogP contribution in [0.1, 0.15) is 12.0 Å². The van der Waals surface area contributed by atoms with E-state index >= 15 is 0 Å². The summed E-state index contributed by atoms with van der Waals surface area (Å²) >= 11 is 0. The Morgan fingerprint density at radius 3 is 2.85 bits per heavy atom. The zero-order valence-corrected chi connectivity index (χ0v) is 7.40. The summed E-state index contributed by atoms with van der Waals surface area (Å²) in [6.45, 7) is 0.882. The molecule has 2 nitrogen and oxygen atoms in total. The number of hydrogen-bond donors (Lipinski definition) is 0. The third kappa shape index (κ3) is 1.31. The van der Waals surface area contributed by atoms with Crippen LogP contribution < -0.4 is 4.74 Å². The van der Waals surface area contributed by atoms with E-state index in [0.717, 1.165) is 25.2 Å². The highest BCUT2D eigenvalue weighted by molar-refractivity contribution is 5.35. The number of benzene rings is 1. The van der Waals surface area contributed by atoms with Crippen molar-refractivity contribution in [1.29, 1.82) is 0 Å². The summed E-state index contributed by atoms with van der Waals surface area (Å²) in [6, 6.07) is 8.27. The van der Waals surface area contributed by atoms with Crippen molar-refractivity contribution in [3.63, 3.8) is 0 Å². The topological polar surface area (TPSA) is 21.8 Å². The molecule has 1 aromatic carbocycles. The second kappa shape index (κ2) is 2.74. The quantitative estimate of drug-likeness (QED) is 0.608. The SMILES string of the molecule is c1ccc2c(c1)CCC(C1CO1)O2. The Morgan fingerprint density at radius 1 is 1.15 bits per heavy atom. The predicted octanol–water partition coefficient (Wildman–Crippen LogP) is 1.78. The average Bonchev–Trinajstić information content (AvgIpc) is 3.00. The van der Waals surface area contributed by atoms with Gasteiger partial charge in [0.1, 0.15) is 18.0 Å². The Hall–Kier alpha value is -1.02. The third-order valence-electron chi connectivity index (χ3n) is 2.72. The smallest absolute Gasteiger partial charge is 0.127 e. The molecular weight excluding hydrogens is 164 g/mol. The number of rotatable bonds is 1. The van der Waals surface area contributed by atoms with Crippen LogP contribution >= 0.6 is 0 Å². The second-order valence-electron chi connectivity index (χ2n) is 3.67. The van der Waals surface area contributed by atoms with Crippen LogP contribution in [0.4, 0.5) is 0 Å². The first-order chi connectivity index (χ1) is 6.43. The summed E-state index contributed by atoms with van der Waals surface area (Å²) in [5.41, 5.74) is 1.33. The Morgan fingerprint density at radius 2 is 2.00 bits per heavy atom. The van der Waals surface area contributed by atoms with Gasteiger partial charge in [0.2, 0.25) is 0 Å². The molecule has 68 valence electrons. The summed E-state index contributed by atoms with van der Waals surface area (Å²) < 4.78 is 11.1. The van der Waals surface area contributed by atoms with E-state index in [9.17, 15) is 0 Å². The first-order valence-electron chi connectivity index (χ1n) is 4.79. The van der Waals surface area contributed by atoms with Crippen molar-refractivity contribution in [2.24, 2.45) is 0 Å². The molecule has 2 aliphatic heterocycles. The Balaban J connectivity index is 1.85. The summed E-state index contributed by atoms with van der Waals surface area (Å²) in [6.07, 6.45) is 2.89. The fourth-order valence-electron chi connectivity index (χ4n) is 1.88. The summed E-state index contributed by atoms with van der Waals surface area (Å²) in [4.78, 5) is 0. The normalized spacial score (nSPS) is 30.5. The largest absolute Gasteiger partial charge is 0.487 e. The van der Waals surface area contributed by atoms with E-state index in [-0.39, 0.29) is 0 Å². The molecule has 2 heteroatoms. The lowest BCUT2D eigenvalue weighted by atomic mass is 10.0. The number of ether oxygens (including phenoxy) is 2. The maximum atomic E-state index is 5.83. The molecule has 0 bridgehead atoms. The minimum absolute atomic E-state index is 0.301. The zero-order valence-electron chi connectivity index (χ0n) is 7.40. The molecule has 0 spiro atoms. The fraction of sp³-hybridized carbons (Fsp3) is 0.455. The van der Waals surface area contributed by atoms with Gasteiger partial charge in [-0.2, -0.15) is 0 Å². The first-order valence-corrected chi connectivity index (χ1v) is 4.79. The zero-order chi connectivity index (χ0) is 8.67. The minimum Gasteiger partial charge on any atom is -0.487 e. The van der Waals surface area contributed by atoms with Gasteiger partial charge in [-0.15, -0.1) is 0 Å². The number of aryl methyl sites for hydroxylation is 1. The van der Waals surface area contributed by atoms with Gasteiger partial charge in [-0.3, -0.25) is 0 Å². The molecule has 1 saturated heterocycles. The Kier molecular flexibility index (Phi) is 1.56. The monoisotopic (exact) mass is 176 g/mol. The van der Waals surface area contributed by atoms with Crippen LogP contribution in [0.2, 0.25) is 0 Å². The number of epoxide rings is 1. The fourth-order valence-corrected chi connectivity index (χ4v) is 1.88. The van der Waals surface area contributed by atoms with Crippen molar-refractivity contribution >= 4 is 0 Å². The van der Waals surface area contributed by atoms with Crippen LogP contribution in [0.15, 0.2) is 24.3 Å². The maximum absolute atomic E-state index is 5.83. The summed E-state index contributed by atoms with van der Waals surface area (Å²) in [7, 11) is 0. The van der Waals surface area contributed by atoms with Crippen molar-refractivity contribution in [3.8, 4) is 5.75 Å². The molecule has 2 unspecified atom stereocenters. The van der Waals surface area contributed by atoms with E-state index in [0.29, 0.717) is 12.2 Å². The van der Waals surface area contributed by atoms with Gasteiger partial charge in [0.25, 0.3) is 0 Å². The van der Waals surface area contributed by atoms with Crippen LogP contribution in [-0.4, -0.2) is 18.8 Å². The van der Waals surface area contributed by atoms with E-state index < -0.39 is 0 Å². The van der Waals surface area contributed by atoms with Gasteiger partial charge < -0.3 is 9.47 Å². The molecule has 1 aromatic rings. The second-order valence-corrected chi connectivity index (χ2v) is 3.67. The van der Waals surface area contributed by atoms with Crippen molar-refractivity contribution in [2.75, 3.05) is 6.61 Å². The van der Waals surface area contributed by atoms with Gasteiger partial charge in [0.15, 0.2) is 0 Å². The van der Waals surface area contributed by atoms with Crippen LogP contribution in [0.3, 0.4) is 0 Å². The van der Waals surface area contributed by atoms with Crippen molar-refractivity contribution in [1.82, 2.24) is 0 Å². The Bertz CT molecular complexity index is 318. The van der Waals surface area contributed by atoms with E-state index in [1.807, 2.05) is 12.1 Å². The molecule has 2 atom stereocenters. The molecule has 2 aliphatic rings. The first kappa shape index (κ1) is 7.39. The highest BCUT2D eigenvalue weighted by atomic mass is 16.6. The van der Waals surface area contributed by atoms with Gasteiger partial charge in [0, 0.05) is 0 Å². The molecule has 0 amide bonds. The van der Waals surface area contributed by atoms with Gasteiger partial charge in [-0.25, -0.2) is 0 Å². The van der Waals surface area contributed by atoms with Crippen molar-refractivity contribution in [3.05, 3.63) is 29.8 Å². The molecule has 2 heterocycles. The van der Waals surface area contributed by atoms with Gasteiger partial charge in [0.05, 0.1) is 6.61 Å². The summed E-state index contributed by atoms with van der Waals surface area (Å²) in [5.74, 6) is 1.05. The Labute approximate surface area is 77.5 Å². The summed E-state index contributed by atoms with van der Waals surface area (Å²) in [5, 5.41) is 0. The molecule has 0 aliphatic carbocycles. The van der Waals surface area contributed by atoms with Crippen LogP contribution in [-0.2, 0) is 11.2 Å². The minimum atomic E-state index is 0.301. The van der Waals surface area contributed by atoms with Gasteiger partial charge >= 0.3 is 0 Å². The lowest BCUT2D eigenvalue weighted by Gasteiger charge is -2.24.